The molecule has 22 heavy (non-hydrogen) atoms. The summed E-state index contributed by atoms with van der Waals surface area (Å²) in [5.41, 5.74) is 0. The fourth-order valence-electron chi connectivity index (χ4n) is 3.45. The second-order valence-corrected chi connectivity index (χ2v) is 6.88. The summed E-state index contributed by atoms with van der Waals surface area (Å²) in [5.74, 6) is 1.88. The van der Waals surface area contributed by atoms with Crippen LogP contribution in [0.1, 0.15) is 39.5 Å². The van der Waals surface area contributed by atoms with Gasteiger partial charge < -0.3 is 15.5 Å². The van der Waals surface area contributed by atoms with Gasteiger partial charge in [-0.05, 0) is 38.1 Å². The molecule has 2 aliphatic rings. The van der Waals surface area contributed by atoms with Gasteiger partial charge in [-0.1, -0.05) is 13.8 Å². The summed E-state index contributed by atoms with van der Waals surface area (Å²) in [4.78, 5) is 9.45. The van der Waals surface area contributed by atoms with Gasteiger partial charge in [-0.25, -0.2) is 0 Å². The molecule has 0 aromatic rings. The first-order valence-electron chi connectivity index (χ1n) is 9.13. The van der Waals surface area contributed by atoms with E-state index >= 15 is 0 Å². The number of hydrogen-bond donors (Lipinski definition) is 2. The lowest BCUT2D eigenvalue weighted by Gasteiger charge is -2.34. The highest BCUT2D eigenvalue weighted by Crippen LogP contribution is 2.23. The van der Waals surface area contributed by atoms with E-state index in [2.05, 4.69) is 39.3 Å². The lowest BCUT2D eigenvalue weighted by molar-refractivity contribution is 0.139. The van der Waals surface area contributed by atoms with Gasteiger partial charge in [0.1, 0.15) is 0 Å². The van der Waals surface area contributed by atoms with Gasteiger partial charge in [0, 0.05) is 52.4 Å². The summed E-state index contributed by atoms with van der Waals surface area (Å²) in [7, 11) is 1.88. The number of likely N-dealkylation sites (N-methyl/N-ethyl adjacent to an activating group) is 1. The Kier molecular flexibility index (Phi) is 7.46. The summed E-state index contributed by atoms with van der Waals surface area (Å²) in [6.45, 7) is 12.7. The van der Waals surface area contributed by atoms with Crippen LogP contribution in [0.4, 0.5) is 0 Å². The zero-order valence-electron chi connectivity index (χ0n) is 14.8. The van der Waals surface area contributed by atoms with Crippen molar-refractivity contribution in [3.8, 4) is 0 Å². The van der Waals surface area contributed by atoms with E-state index in [1.807, 2.05) is 7.05 Å². The first-order chi connectivity index (χ1) is 10.7. The molecule has 0 aromatic carbocycles. The minimum atomic E-state index is 0.607. The molecule has 1 heterocycles. The maximum Gasteiger partial charge on any atom is 0.191 e. The van der Waals surface area contributed by atoms with E-state index in [9.17, 15) is 0 Å². The second-order valence-electron chi connectivity index (χ2n) is 6.88. The third kappa shape index (κ3) is 5.76. The lowest BCUT2D eigenvalue weighted by atomic mass is 9.87. The van der Waals surface area contributed by atoms with Crippen LogP contribution in [0.3, 0.4) is 0 Å². The number of piperazine rings is 1. The molecule has 1 aliphatic heterocycles. The van der Waals surface area contributed by atoms with Gasteiger partial charge >= 0.3 is 0 Å². The van der Waals surface area contributed by atoms with E-state index in [-0.39, 0.29) is 0 Å². The monoisotopic (exact) mass is 309 g/mol. The van der Waals surface area contributed by atoms with E-state index in [0.29, 0.717) is 6.04 Å². The van der Waals surface area contributed by atoms with E-state index in [1.165, 1.54) is 58.4 Å². The van der Waals surface area contributed by atoms with Crippen molar-refractivity contribution in [1.29, 1.82) is 0 Å². The first-order valence-corrected chi connectivity index (χ1v) is 9.13. The zero-order chi connectivity index (χ0) is 15.8. The summed E-state index contributed by atoms with van der Waals surface area (Å²) in [6, 6.07) is 0.607. The molecular weight excluding hydrogens is 274 g/mol. The molecule has 1 saturated carbocycles. The quantitative estimate of drug-likeness (QED) is 0.595. The molecular formula is C17H35N5. The molecule has 0 spiro atoms. The van der Waals surface area contributed by atoms with Gasteiger partial charge in [0.15, 0.2) is 5.96 Å². The van der Waals surface area contributed by atoms with Crippen LogP contribution in [-0.2, 0) is 0 Å². The van der Waals surface area contributed by atoms with Crippen LogP contribution in [-0.4, -0.2) is 74.7 Å². The summed E-state index contributed by atoms with van der Waals surface area (Å²) in [5, 5.41) is 7.08. The SMILES string of the molecule is CCN1CCN(CCNC(=NC)NC2CCC(C)CC2)CC1. The molecule has 0 amide bonds. The molecule has 1 saturated heterocycles. The summed E-state index contributed by atoms with van der Waals surface area (Å²) >= 11 is 0. The largest absolute Gasteiger partial charge is 0.355 e. The molecule has 128 valence electrons. The number of aliphatic imine (C=N–C) groups is 1. The van der Waals surface area contributed by atoms with Crippen molar-refractivity contribution >= 4 is 5.96 Å². The van der Waals surface area contributed by atoms with E-state index < -0.39 is 0 Å². The van der Waals surface area contributed by atoms with Crippen molar-refractivity contribution in [3.63, 3.8) is 0 Å². The first kappa shape index (κ1) is 17.5. The van der Waals surface area contributed by atoms with Crippen molar-refractivity contribution < 1.29 is 0 Å². The smallest absolute Gasteiger partial charge is 0.191 e. The Bertz CT molecular complexity index is 328. The van der Waals surface area contributed by atoms with Gasteiger partial charge in [0.05, 0.1) is 0 Å². The van der Waals surface area contributed by atoms with Crippen molar-refractivity contribution in [3.05, 3.63) is 0 Å². The third-order valence-corrected chi connectivity index (χ3v) is 5.21. The van der Waals surface area contributed by atoms with Gasteiger partial charge in [0.2, 0.25) is 0 Å². The van der Waals surface area contributed by atoms with Crippen molar-refractivity contribution in [2.75, 3.05) is 52.9 Å². The van der Waals surface area contributed by atoms with E-state index in [4.69, 9.17) is 0 Å². The standard InChI is InChI=1S/C17H35N5/c1-4-21-11-13-22(14-12-21)10-9-19-17(18-3)20-16-7-5-15(2)6-8-16/h15-16H,4-14H2,1-3H3,(H2,18,19,20). The van der Waals surface area contributed by atoms with Crippen LogP contribution in [0, 0.1) is 5.92 Å². The third-order valence-electron chi connectivity index (χ3n) is 5.21. The number of nitrogens with one attached hydrogen (secondary N) is 2. The topological polar surface area (TPSA) is 42.9 Å². The van der Waals surface area contributed by atoms with Gasteiger partial charge in [-0.3, -0.25) is 9.89 Å². The Labute approximate surface area is 136 Å². The minimum Gasteiger partial charge on any atom is -0.355 e. The number of nitrogens with zero attached hydrogens (tertiary/aromatic N) is 3. The summed E-state index contributed by atoms with van der Waals surface area (Å²) < 4.78 is 0. The second kappa shape index (κ2) is 9.36. The number of guanidine groups is 1. The average Bonchev–Trinajstić information content (AvgIpc) is 2.56. The van der Waals surface area contributed by atoms with Crippen LogP contribution < -0.4 is 10.6 Å². The maximum atomic E-state index is 4.38. The Hall–Kier alpha value is -0.810. The fourth-order valence-corrected chi connectivity index (χ4v) is 3.45. The predicted octanol–water partition coefficient (Wildman–Crippen LogP) is 1.37. The maximum absolute atomic E-state index is 4.38. The molecule has 5 heteroatoms. The normalized spacial score (nSPS) is 28.6. The van der Waals surface area contributed by atoms with Crippen LogP contribution in [0.5, 0.6) is 0 Å². The average molecular weight is 310 g/mol. The molecule has 2 fully saturated rings. The molecule has 0 radical (unpaired) electrons. The molecule has 2 N–H and O–H groups in total. The Balaban J connectivity index is 1.60. The Morgan fingerprint density at radius 3 is 2.27 bits per heavy atom. The predicted molar refractivity (Wildman–Crippen MR) is 94.5 cm³/mol. The van der Waals surface area contributed by atoms with Crippen molar-refractivity contribution in [2.45, 2.75) is 45.6 Å². The number of hydrogen-bond acceptors (Lipinski definition) is 3. The fraction of sp³-hybridized carbons (Fsp3) is 0.941. The van der Waals surface area contributed by atoms with Crippen LogP contribution in [0.25, 0.3) is 0 Å². The van der Waals surface area contributed by atoms with Crippen LogP contribution in [0.2, 0.25) is 0 Å². The van der Waals surface area contributed by atoms with Crippen molar-refractivity contribution in [2.24, 2.45) is 10.9 Å². The van der Waals surface area contributed by atoms with E-state index in [1.54, 1.807) is 0 Å². The lowest BCUT2D eigenvalue weighted by Crippen LogP contribution is -2.50. The molecule has 0 aromatic heterocycles. The van der Waals surface area contributed by atoms with Gasteiger partial charge in [0.25, 0.3) is 0 Å². The zero-order valence-corrected chi connectivity index (χ0v) is 14.8. The highest BCUT2D eigenvalue weighted by Gasteiger charge is 2.19. The van der Waals surface area contributed by atoms with Gasteiger partial charge in [-0.15, -0.1) is 0 Å². The molecule has 5 nitrogen and oxygen atoms in total. The Morgan fingerprint density at radius 2 is 1.68 bits per heavy atom. The van der Waals surface area contributed by atoms with Crippen LogP contribution in [0.15, 0.2) is 4.99 Å². The highest BCUT2D eigenvalue weighted by molar-refractivity contribution is 5.79. The minimum absolute atomic E-state index is 0.607. The highest BCUT2D eigenvalue weighted by atomic mass is 15.3. The summed E-state index contributed by atoms with van der Waals surface area (Å²) in [6.07, 6.45) is 5.24. The molecule has 0 unspecified atom stereocenters. The molecule has 0 bridgehead atoms. The van der Waals surface area contributed by atoms with E-state index in [0.717, 1.165) is 25.0 Å². The molecule has 1 aliphatic carbocycles. The number of rotatable bonds is 5. The van der Waals surface area contributed by atoms with Gasteiger partial charge in [-0.2, -0.15) is 0 Å². The molecule has 0 atom stereocenters. The molecule has 2 rings (SSSR count). The van der Waals surface area contributed by atoms with Crippen LogP contribution >= 0.6 is 0 Å². The Morgan fingerprint density at radius 1 is 1.05 bits per heavy atom. The van der Waals surface area contributed by atoms with Crippen molar-refractivity contribution in [1.82, 2.24) is 20.4 Å².